The van der Waals surface area contributed by atoms with Crippen LogP contribution in [0, 0.1) is 5.92 Å². The van der Waals surface area contributed by atoms with Gasteiger partial charge in [-0.1, -0.05) is 12.8 Å². The minimum Gasteiger partial charge on any atom is -0.352 e. The zero-order valence-corrected chi connectivity index (χ0v) is 18.7. The van der Waals surface area contributed by atoms with Gasteiger partial charge in [0.25, 0.3) is 0 Å². The molecular formula is C19H34IN5O2. The van der Waals surface area contributed by atoms with Gasteiger partial charge in [-0.05, 0) is 38.5 Å². The Labute approximate surface area is 179 Å². The number of halogens is 1. The number of nitrogens with zero attached hydrogens (tertiary/aromatic N) is 3. The predicted molar refractivity (Wildman–Crippen MR) is 117 cm³/mol. The lowest BCUT2D eigenvalue weighted by Crippen LogP contribution is -2.49. The number of nitrogens with one attached hydrogen (secondary N) is 2. The van der Waals surface area contributed by atoms with Gasteiger partial charge in [0.1, 0.15) is 0 Å². The summed E-state index contributed by atoms with van der Waals surface area (Å²) in [6.45, 7) is 3.56. The Hall–Kier alpha value is -1.06. The first-order valence-corrected chi connectivity index (χ1v) is 10.2. The van der Waals surface area contributed by atoms with Crippen molar-refractivity contribution in [1.29, 1.82) is 0 Å². The normalized spacial score (nSPS) is 23.9. The van der Waals surface area contributed by atoms with Crippen LogP contribution in [0.2, 0.25) is 0 Å². The minimum atomic E-state index is 0. The van der Waals surface area contributed by atoms with Crippen LogP contribution in [0.5, 0.6) is 0 Å². The average molecular weight is 491 g/mol. The molecule has 0 aromatic heterocycles. The van der Waals surface area contributed by atoms with Crippen LogP contribution in [0.3, 0.4) is 0 Å². The van der Waals surface area contributed by atoms with Crippen LogP contribution in [0.4, 0.5) is 0 Å². The summed E-state index contributed by atoms with van der Waals surface area (Å²) < 4.78 is 0. The molecule has 2 N–H and O–H groups in total. The number of aliphatic imine (C=N–C) groups is 1. The fraction of sp³-hybridized carbons (Fsp3) is 0.842. The van der Waals surface area contributed by atoms with Gasteiger partial charge in [0.2, 0.25) is 11.8 Å². The van der Waals surface area contributed by atoms with Crippen molar-refractivity contribution in [3.63, 3.8) is 0 Å². The van der Waals surface area contributed by atoms with Crippen molar-refractivity contribution in [3.8, 4) is 0 Å². The monoisotopic (exact) mass is 491 g/mol. The van der Waals surface area contributed by atoms with Crippen LogP contribution in [-0.2, 0) is 9.59 Å². The number of likely N-dealkylation sites (tertiary alicyclic amines) is 2. The summed E-state index contributed by atoms with van der Waals surface area (Å²) in [5.74, 6) is 1.36. The summed E-state index contributed by atoms with van der Waals surface area (Å²) in [5, 5.41) is 6.51. The number of hydrogen-bond donors (Lipinski definition) is 2. The van der Waals surface area contributed by atoms with Crippen LogP contribution in [0.25, 0.3) is 0 Å². The van der Waals surface area contributed by atoms with E-state index < -0.39 is 0 Å². The average Bonchev–Trinajstić information content (AvgIpc) is 3.37. The molecule has 1 atom stereocenters. The van der Waals surface area contributed by atoms with E-state index in [1.54, 1.807) is 7.05 Å². The van der Waals surface area contributed by atoms with Crippen molar-refractivity contribution in [2.45, 2.75) is 57.4 Å². The summed E-state index contributed by atoms with van der Waals surface area (Å²) in [7, 11) is 1.72. The predicted octanol–water partition coefficient (Wildman–Crippen LogP) is 1.57. The first kappa shape index (κ1) is 22.2. The molecule has 154 valence electrons. The lowest BCUT2D eigenvalue weighted by Gasteiger charge is -2.27. The van der Waals surface area contributed by atoms with Crippen molar-refractivity contribution in [2.75, 3.05) is 39.8 Å². The molecule has 1 aliphatic carbocycles. The van der Waals surface area contributed by atoms with Gasteiger partial charge >= 0.3 is 0 Å². The lowest BCUT2D eigenvalue weighted by atomic mass is 10.1. The fourth-order valence-corrected chi connectivity index (χ4v) is 4.31. The van der Waals surface area contributed by atoms with Gasteiger partial charge in [-0.25, -0.2) is 0 Å². The van der Waals surface area contributed by atoms with Crippen molar-refractivity contribution >= 4 is 41.8 Å². The standard InChI is InChI=1S/C19H33N5O2.HI/c1-20-19(21-13-17(25)23-10-5-2-6-11-23)22-16-9-12-24(14-16)18(26)15-7-3-4-8-15;/h15-16H,2-14H2,1H3,(H2,20,21,22);1H. The Bertz CT molecular complexity index is 530. The van der Waals surface area contributed by atoms with Gasteiger partial charge in [0.15, 0.2) is 5.96 Å². The van der Waals surface area contributed by atoms with Crippen molar-refractivity contribution in [3.05, 3.63) is 0 Å². The maximum absolute atomic E-state index is 12.5. The SMILES string of the molecule is CN=C(NCC(=O)N1CCCCC1)NC1CCN(C(=O)C2CCCC2)C1.I. The summed E-state index contributed by atoms with van der Waals surface area (Å²) in [6.07, 6.45) is 8.83. The van der Waals surface area contributed by atoms with E-state index in [1.165, 1.54) is 19.3 Å². The largest absolute Gasteiger partial charge is 0.352 e. The number of guanidine groups is 1. The van der Waals surface area contributed by atoms with Crippen LogP contribution >= 0.6 is 24.0 Å². The number of hydrogen-bond acceptors (Lipinski definition) is 3. The zero-order valence-electron chi connectivity index (χ0n) is 16.4. The van der Waals surface area contributed by atoms with E-state index in [1.807, 2.05) is 9.80 Å². The topological polar surface area (TPSA) is 77.0 Å². The third kappa shape index (κ3) is 6.22. The molecule has 2 amide bonds. The molecule has 0 radical (unpaired) electrons. The zero-order chi connectivity index (χ0) is 18.4. The molecule has 3 fully saturated rings. The second-order valence-electron chi connectivity index (χ2n) is 7.76. The first-order valence-electron chi connectivity index (χ1n) is 10.2. The van der Waals surface area contributed by atoms with E-state index in [0.717, 1.165) is 58.3 Å². The van der Waals surface area contributed by atoms with Gasteiger partial charge in [0, 0.05) is 45.2 Å². The molecule has 7 nitrogen and oxygen atoms in total. The molecule has 3 aliphatic rings. The van der Waals surface area contributed by atoms with Gasteiger partial charge in [-0.2, -0.15) is 0 Å². The molecule has 8 heteroatoms. The van der Waals surface area contributed by atoms with E-state index in [4.69, 9.17) is 0 Å². The number of rotatable bonds is 4. The number of amides is 2. The van der Waals surface area contributed by atoms with Crippen molar-refractivity contribution < 1.29 is 9.59 Å². The van der Waals surface area contributed by atoms with Crippen molar-refractivity contribution in [1.82, 2.24) is 20.4 Å². The van der Waals surface area contributed by atoms with E-state index in [9.17, 15) is 9.59 Å². The van der Waals surface area contributed by atoms with Crippen LogP contribution < -0.4 is 10.6 Å². The Balaban J connectivity index is 0.00000261. The highest BCUT2D eigenvalue weighted by Crippen LogP contribution is 2.27. The molecule has 2 saturated heterocycles. The maximum Gasteiger partial charge on any atom is 0.241 e. The Morgan fingerprint density at radius 2 is 1.67 bits per heavy atom. The molecule has 2 heterocycles. The second-order valence-corrected chi connectivity index (χ2v) is 7.76. The third-order valence-electron chi connectivity index (χ3n) is 5.88. The maximum atomic E-state index is 12.5. The molecule has 0 aromatic rings. The minimum absolute atomic E-state index is 0. The van der Waals surface area contributed by atoms with Crippen LogP contribution in [-0.4, -0.2) is 73.4 Å². The molecule has 1 saturated carbocycles. The van der Waals surface area contributed by atoms with Crippen LogP contribution in [0.1, 0.15) is 51.4 Å². The van der Waals surface area contributed by atoms with E-state index in [0.29, 0.717) is 11.9 Å². The highest BCUT2D eigenvalue weighted by Gasteiger charge is 2.32. The summed E-state index contributed by atoms with van der Waals surface area (Å²) in [5.41, 5.74) is 0. The second kappa shape index (κ2) is 11.1. The first-order chi connectivity index (χ1) is 12.7. The molecule has 1 unspecified atom stereocenters. The Morgan fingerprint density at radius 3 is 2.33 bits per heavy atom. The molecule has 0 spiro atoms. The summed E-state index contributed by atoms with van der Waals surface area (Å²) in [4.78, 5) is 33.0. The molecule has 2 aliphatic heterocycles. The molecular weight excluding hydrogens is 457 g/mol. The van der Waals surface area contributed by atoms with Gasteiger partial charge in [0.05, 0.1) is 6.54 Å². The third-order valence-corrected chi connectivity index (χ3v) is 5.88. The van der Waals surface area contributed by atoms with E-state index >= 15 is 0 Å². The molecule has 0 bridgehead atoms. The van der Waals surface area contributed by atoms with Gasteiger partial charge < -0.3 is 20.4 Å². The quantitative estimate of drug-likeness (QED) is 0.356. The van der Waals surface area contributed by atoms with Crippen LogP contribution in [0.15, 0.2) is 4.99 Å². The fourth-order valence-electron chi connectivity index (χ4n) is 4.31. The molecule has 3 rings (SSSR count). The molecule has 0 aromatic carbocycles. The van der Waals surface area contributed by atoms with Gasteiger partial charge in [-0.3, -0.25) is 14.6 Å². The summed E-state index contributed by atoms with van der Waals surface area (Å²) in [6, 6.07) is 0.205. The smallest absolute Gasteiger partial charge is 0.241 e. The number of carbonyl (C=O) groups excluding carboxylic acids is 2. The highest BCUT2D eigenvalue weighted by molar-refractivity contribution is 14.0. The lowest BCUT2D eigenvalue weighted by molar-refractivity contribution is -0.134. The molecule has 27 heavy (non-hydrogen) atoms. The number of piperidine rings is 1. The van der Waals surface area contributed by atoms with Gasteiger partial charge in [-0.15, -0.1) is 24.0 Å². The Morgan fingerprint density at radius 1 is 0.963 bits per heavy atom. The summed E-state index contributed by atoms with van der Waals surface area (Å²) >= 11 is 0. The van der Waals surface area contributed by atoms with E-state index in [2.05, 4.69) is 15.6 Å². The Kier molecular flexibility index (Phi) is 9.11. The highest BCUT2D eigenvalue weighted by atomic mass is 127. The van der Waals surface area contributed by atoms with E-state index in [-0.39, 0.29) is 48.4 Å². The van der Waals surface area contributed by atoms with Crippen molar-refractivity contribution in [2.24, 2.45) is 10.9 Å². The number of carbonyl (C=O) groups is 2.